The monoisotopic (exact) mass is 268 g/mol. The van der Waals surface area contributed by atoms with E-state index in [4.69, 9.17) is 17.3 Å². The van der Waals surface area contributed by atoms with Gasteiger partial charge in [0.05, 0.1) is 0 Å². The highest BCUT2D eigenvalue weighted by atomic mass is 35.5. The number of halogens is 1. The van der Waals surface area contributed by atoms with Crippen LogP contribution in [-0.2, 0) is 10.2 Å². The van der Waals surface area contributed by atoms with Crippen LogP contribution < -0.4 is 11.1 Å². The molecule has 100 valence electrons. The van der Waals surface area contributed by atoms with Crippen molar-refractivity contribution in [2.24, 2.45) is 11.7 Å². The SMILES string of the molecule is CC(CN)C(=O)NCC(C)(C)c1ccccc1Cl. The van der Waals surface area contributed by atoms with Crippen molar-refractivity contribution in [2.75, 3.05) is 13.1 Å². The largest absolute Gasteiger partial charge is 0.355 e. The Hall–Kier alpha value is -1.06. The number of benzene rings is 1. The molecule has 0 saturated carbocycles. The summed E-state index contributed by atoms with van der Waals surface area (Å²) < 4.78 is 0. The van der Waals surface area contributed by atoms with Gasteiger partial charge < -0.3 is 11.1 Å². The molecule has 1 unspecified atom stereocenters. The number of hydrogen-bond acceptors (Lipinski definition) is 2. The Morgan fingerprint density at radius 2 is 2.06 bits per heavy atom. The summed E-state index contributed by atoms with van der Waals surface area (Å²) in [6, 6.07) is 7.70. The third-order valence-electron chi connectivity index (χ3n) is 3.11. The van der Waals surface area contributed by atoms with E-state index in [-0.39, 0.29) is 17.2 Å². The summed E-state index contributed by atoms with van der Waals surface area (Å²) in [7, 11) is 0. The number of amides is 1. The molecule has 1 rings (SSSR count). The Kier molecular flexibility index (Phi) is 5.17. The van der Waals surface area contributed by atoms with Gasteiger partial charge in [-0.1, -0.05) is 50.6 Å². The molecular weight excluding hydrogens is 248 g/mol. The van der Waals surface area contributed by atoms with Gasteiger partial charge in [0.1, 0.15) is 0 Å². The molecule has 1 amide bonds. The van der Waals surface area contributed by atoms with E-state index < -0.39 is 0 Å². The lowest BCUT2D eigenvalue weighted by Crippen LogP contribution is -2.40. The molecule has 1 aromatic rings. The van der Waals surface area contributed by atoms with Crippen LogP contribution in [-0.4, -0.2) is 19.0 Å². The molecule has 1 atom stereocenters. The molecule has 0 aliphatic rings. The lowest BCUT2D eigenvalue weighted by atomic mass is 9.84. The van der Waals surface area contributed by atoms with E-state index in [0.29, 0.717) is 13.1 Å². The molecule has 0 saturated heterocycles. The number of hydrogen-bond donors (Lipinski definition) is 2. The van der Waals surface area contributed by atoms with E-state index in [1.807, 2.05) is 31.2 Å². The zero-order valence-electron chi connectivity index (χ0n) is 11.2. The number of rotatable bonds is 5. The van der Waals surface area contributed by atoms with Gasteiger partial charge >= 0.3 is 0 Å². The molecule has 3 N–H and O–H groups in total. The van der Waals surface area contributed by atoms with Crippen LogP contribution in [0.4, 0.5) is 0 Å². The predicted octanol–water partition coefficient (Wildman–Crippen LogP) is 2.33. The van der Waals surface area contributed by atoms with Crippen LogP contribution in [0.3, 0.4) is 0 Å². The molecule has 0 aromatic heterocycles. The molecule has 0 aliphatic heterocycles. The Balaban J connectivity index is 2.71. The topological polar surface area (TPSA) is 55.1 Å². The first kappa shape index (κ1) is 15.0. The Labute approximate surface area is 114 Å². The van der Waals surface area contributed by atoms with Gasteiger partial charge in [-0.25, -0.2) is 0 Å². The van der Waals surface area contributed by atoms with Crippen molar-refractivity contribution in [1.29, 1.82) is 0 Å². The Morgan fingerprint density at radius 1 is 1.44 bits per heavy atom. The maximum absolute atomic E-state index is 11.7. The maximum atomic E-state index is 11.7. The van der Waals surface area contributed by atoms with Crippen LogP contribution in [0.15, 0.2) is 24.3 Å². The van der Waals surface area contributed by atoms with Crippen LogP contribution in [0, 0.1) is 5.92 Å². The van der Waals surface area contributed by atoms with Gasteiger partial charge in [-0.2, -0.15) is 0 Å². The Bertz CT molecular complexity index is 418. The minimum atomic E-state index is -0.206. The highest BCUT2D eigenvalue weighted by Gasteiger charge is 2.24. The molecule has 0 aliphatic carbocycles. The molecule has 0 bridgehead atoms. The molecule has 0 radical (unpaired) electrons. The van der Waals surface area contributed by atoms with E-state index in [1.165, 1.54) is 0 Å². The summed E-state index contributed by atoms with van der Waals surface area (Å²) in [6.07, 6.45) is 0. The summed E-state index contributed by atoms with van der Waals surface area (Å²) >= 11 is 6.18. The first-order valence-corrected chi connectivity index (χ1v) is 6.49. The van der Waals surface area contributed by atoms with E-state index in [1.54, 1.807) is 0 Å². The molecular formula is C14H21ClN2O. The molecule has 1 aromatic carbocycles. The van der Waals surface area contributed by atoms with E-state index >= 15 is 0 Å². The molecule has 3 nitrogen and oxygen atoms in total. The lowest BCUT2D eigenvalue weighted by Gasteiger charge is -2.27. The van der Waals surface area contributed by atoms with Gasteiger partial charge in [0.25, 0.3) is 0 Å². The zero-order chi connectivity index (χ0) is 13.8. The fourth-order valence-corrected chi connectivity index (χ4v) is 2.09. The second kappa shape index (κ2) is 6.21. The van der Waals surface area contributed by atoms with Crippen molar-refractivity contribution < 1.29 is 4.79 Å². The van der Waals surface area contributed by atoms with Gasteiger partial charge in [-0.05, 0) is 11.6 Å². The highest BCUT2D eigenvalue weighted by molar-refractivity contribution is 6.31. The van der Waals surface area contributed by atoms with Crippen LogP contribution in [0.25, 0.3) is 0 Å². The van der Waals surface area contributed by atoms with E-state index in [2.05, 4.69) is 19.2 Å². The summed E-state index contributed by atoms with van der Waals surface area (Å²) in [5.74, 6) is -0.176. The third kappa shape index (κ3) is 3.72. The second-order valence-corrected chi connectivity index (χ2v) is 5.63. The van der Waals surface area contributed by atoms with Gasteiger partial charge in [-0.15, -0.1) is 0 Å². The smallest absolute Gasteiger partial charge is 0.224 e. The van der Waals surface area contributed by atoms with Crippen molar-refractivity contribution in [1.82, 2.24) is 5.32 Å². The highest BCUT2D eigenvalue weighted by Crippen LogP contribution is 2.28. The number of nitrogens with one attached hydrogen (secondary N) is 1. The Morgan fingerprint density at radius 3 is 2.61 bits per heavy atom. The average Bonchev–Trinajstić information content (AvgIpc) is 2.35. The first-order chi connectivity index (χ1) is 8.38. The number of nitrogens with two attached hydrogens (primary N) is 1. The molecule has 0 spiro atoms. The van der Waals surface area contributed by atoms with Crippen LogP contribution in [0.1, 0.15) is 26.3 Å². The lowest BCUT2D eigenvalue weighted by molar-refractivity contribution is -0.124. The minimum Gasteiger partial charge on any atom is -0.355 e. The van der Waals surface area contributed by atoms with Crippen LogP contribution >= 0.6 is 11.6 Å². The van der Waals surface area contributed by atoms with E-state index in [9.17, 15) is 4.79 Å². The summed E-state index contributed by atoms with van der Waals surface area (Å²) in [4.78, 5) is 11.7. The fourth-order valence-electron chi connectivity index (χ4n) is 1.69. The van der Waals surface area contributed by atoms with Crippen LogP contribution in [0.5, 0.6) is 0 Å². The van der Waals surface area contributed by atoms with Crippen molar-refractivity contribution in [3.8, 4) is 0 Å². The van der Waals surface area contributed by atoms with E-state index in [0.717, 1.165) is 10.6 Å². The summed E-state index contributed by atoms with van der Waals surface area (Å²) in [6.45, 7) is 6.83. The van der Waals surface area contributed by atoms with Crippen molar-refractivity contribution >= 4 is 17.5 Å². The predicted molar refractivity (Wildman–Crippen MR) is 75.7 cm³/mol. The fraction of sp³-hybridized carbons (Fsp3) is 0.500. The maximum Gasteiger partial charge on any atom is 0.224 e. The second-order valence-electron chi connectivity index (χ2n) is 5.22. The van der Waals surface area contributed by atoms with Gasteiger partial charge in [0.2, 0.25) is 5.91 Å². The van der Waals surface area contributed by atoms with Gasteiger partial charge in [-0.3, -0.25) is 4.79 Å². The standard InChI is InChI=1S/C14H21ClN2O/c1-10(8-16)13(18)17-9-14(2,3)11-6-4-5-7-12(11)15/h4-7,10H,8-9,16H2,1-3H3,(H,17,18). The minimum absolute atomic E-state index is 0.0161. The van der Waals surface area contributed by atoms with Crippen molar-refractivity contribution in [2.45, 2.75) is 26.2 Å². The molecule has 4 heteroatoms. The normalized spacial score (nSPS) is 13.2. The summed E-state index contributed by atoms with van der Waals surface area (Å²) in [5.41, 5.74) is 6.29. The molecule has 18 heavy (non-hydrogen) atoms. The number of carbonyl (C=O) groups excluding carboxylic acids is 1. The van der Waals surface area contributed by atoms with Crippen molar-refractivity contribution in [3.63, 3.8) is 0 Å². The molecule has 0 fully saturated rings. The van der Waals surface area contributed by atoms with Crippen molar-refractivity contribution in [3.05, 3.63) is 34.9 Å². The van der Waals surface area contributed by atoms with Crippen LogP contribution in [0.2, 0.25) is 5.02 Å². The first-order valence-electron chi connectivity index (χ1n) is 6.11. The average molecular weight is 269 g/mol. The third-order valence-corrected chi connectivity index (χ3v) is 3.44. The van der Waals surface area contributed by atoms with Gasteiger partial charge in [0.15, 0.2) is 0 Å². The zero-order valence-corrected chi connectivity index (χ0v) is 11.9. The quantitative estimate of drug-likeness (QED) is 0.861. The number of carbonyl (C=O) groups is 1. The summed E-state index contributed by atoms with van der Waals surface area (Å²) in [5, 5.41) is 3.65. The van der Waals surface area contributed by atoms with Gasteiger partial charge in [0, 0.05) is 29.4 Å². The molecule has 0 heterocycles.